The number of guanidine groups is 1. The van der Waals surface area contributed by atoms with Crippen molar-refractivity contribution < 1.29 is 17.9 Å². The van der Waals surface area contributed by atoms with Crippen LogP contribution in [0.2, 0.25) is 0 Å². The van der Waals surface area contributed by atoms with Crippen LogP contribution in [0.1, 0.15) is 18.5 Å². The van der Waals surface area contributed by atoms with Crippen molar-refractivity contribution in [2.75, 3.05) is 34.4 Å². The number of hydrogen-bond acceptors (Lipinski definition) is 6. The molecule has 0 aliphatic heterocycles. The van der Waals surface area contributed by atoms with E-state index in [-0.39, 0.29) is 36.6 Å². The molecule has 0 spiro atoms. The van der Waals surface area contributed by atoms with Gasteiger partial charge in [0.05, 0.1) is 20.3 Å². The number of aliphatic imine (C=N–C) groups is 1. The molecule has 11 heteroatoms. The lowest BCUT2D eigenvalue weighted by Crippen LogP contribution is -2.42. The normalized spacial score (nSPS) is 12.6. The quantitative estimate of drug-likeness (QED) is 0.191. The molecule has 1 unspecified atom stereocenters. The predicted molar refractivity (Wildman–Crippen MR) is 127 cm³/mol. The van der Waals surface area contributed by atoms with E-state index >= 15 is 0 Å². The Bertz CT molecular complexity index is 889. The van der Waals surface area contributed by atoms with Crippen molar-refractivity contribution in [1.29, 1.82) is 0 Å². The number of methoxy groups -OCH3 is 2. The molecule has 29 heavy (non-hydrogen) atoms. The van der Waals surface area contributed by atoms with Crippen LogP contribution >= 0.6 is 35.3 Å². The summed E-state index contributed by atoms with van der Waals surface area (Å²) in [4.78, 5) is 4.18. The fourth-order valence-electron chi connectivity index (χ4n) is 2.51. The SMILES string of the molecule is CN=C(NCCNS(=O)(=O)c1cccs1)NC(C)c1cc(OC)ccc1OC.I. The van der Waals surface area contributed by atoms with Crippen LogP contribution in [0.5, 0.6) is 11.5 Å². The van der Waals surface area contributed by atoms with Crippen LogP contribution in [0.15, 0.2) is 44.9 Å². The lowest BCUT2D eigenvalue weighted by atomic mass is 10.1. The second-order valence-electron chi connectivity index (χ2n) is 5.80. The first-order valence-corrected chi connectivity index (χ1v) is 11.0. The van der Waals surface area contributed by atoms with E-state index < -0.39 is 10.0 Å². The fraction of sp³-hybridized carbons (Fsp3) is 0.389. The molecule has 162 valence electrons. The van der Waals surface area contributed by atoms with Gasteiger partial charge in [0.15, 0.2) is 5.96 Å². The summed E-state index contributed by atoms with van der Waals surface area (Å²) in [6, 6.07) is 8.75. The number of thiophene rings is 1. The van der Waals surface area contributed by atoms with E-state index in [1.165, 1.54) is 11.3 Å². The van der Waals surface area contributed by atoms with Crippen molar-refractivity contribution in [3.05, 3.63) is 41.3 Å². The fourth-order valence-corrected chi connectivity index (χ4v) is 4.58. The number of nitrogens with zero attached hydrogens (tertiary/aromatic N) is 1. The number of hydrogen-bond donors (Lipinski definition) is 3. The monoisotopic (exact) mass is 554 g/mol. The Labute approximate surface area is 193 Å². The molecule has 8 nitrogen and oxygen atoms in total. The van der Waals surface area contributed by atoms with Gasteiger partial charge in [0.25, 0.3) is 0 Å². The van der Waals surface area contributed by atoms with Gasteiger partial charge in [0, 0.05) is 25.7 Å². The van der Waals surface area contributed by atoms with Crippen LogP contribution in [-0.2, 0) is 10.0 Å². The Morgan fingerprint density at radius 1 is 1.21 bits per heavy atom. The molecule has 0 saturated heterocycles. The Hall–Kier alpha value is -1.57. The summed E-state index contributed by atoms with van der Waals surface area (Å²) in [5.41, 5.74) is 0.920. The van der Waals surface area contributed by atoms with Gasteiger partial charge in [-0.1, -0.05) is 6.07 Å². The summed E-state index contributed by atoms with van der Waals surface area (Å²) >= 11 is 1.18. The molecule has 1 atom stereocenters. The van der Waals surface area contributed by atoms with Crippen LogP contribution in [0.3, 0.4) is 0 Å². The maximum atomic E-state index is 12.1. The molecule has 0 amide bonds. The van der Waals surface area contributed by atoms with Gasteiger partial charge in [-0.15, -0.1) is 35.3 Å². The van der Waals surface area contributed by atoms with Gasteiger partial charge in [-0.3, -0.25) is 4.99 Å². The van der Waals surface area contributed by atoms with E-state index in [2.05, 4.69) is 20.3 Å². The highest BCUT2D eigenvalue weighted by Crippen LogP contribution is 2.29. The predicted octanol–water partition coefficient (Wildman–Crippen LogP) is 2.59. The molecule has 0 aliphatic carbocycles. The van der Waals surface area contributed by atoms with E-state index in [1.54, 1.807) is 38.8 Å². The number of nitrogens with one attached hydrogen (secondary N) is 3. The number of benzene rings is 1. The van der Waals surface area contributed by atoms with Gasteiger partial charge in [-0.2, -0.15) is 0 Å². The molecule has 0 bridgehead atoms. The van der Waals surface area contributed by atoms with Crippen LogP contribution in [0.4, 0.5) is 0 Å². The molecule has 1 heterocycles. The lowest BCUT2D eigenvalue weighted by molar-refractivity contribution is 0.394. The Kier molecular flexibility index (Phi) is 10.7. The molecule has 1 aromatic carbocycles. The second kappa shape index (κ2) is 12.2. The van der Waals surface area contributed by atoms with Gasteiger partial charge < -0.3 is 20.1 Å². The largest absolute Gasteiger partial charge is 0.497 e. The highest BCUT2D eigenvalue weighted by atomic mass is 127. The van der Waals surface area contributed by atoms with Crippen LogP contribution < -0.4 is 24.8 Å². The Morgan fingerprint density at radius 2 is 1.97 bits per heavy atom. The van der Waals surface area contributed by atoms with E-state index in [9.17, 15) is 8.42 Å². The molecular weight excluding hydrogens is 527 g/mol. The van der Waals surface area contributed by atoms with Crippen LogP contribution in [0, 0.1) is 0 Å². The maximum absolute atomic E-state index is 12.1. The molecule has 1 aromatic heterocycles. The van der Waals surface area contributed by atoms with Gasteiger partial charge in [-0.05, 0) is 36.6 Å². The molecule has 3 N–H and O–H groups in total. The third-order valence-electron chi connectivity index (χ3n) is 3.95. The molecular formula is C18H27IN4O4S2. The van der Waals surface area contributed by atoms with Crippen molar-refractivity contribution in [3.8, 4) is 11.5 Å². The van der Waals surface area contributed by atoms with Gasteiger partial charge in [-0.25, -0.2) is 13.1 Å². The zero-order valence-corrected chi connectivity index (χ0v) is 20.7. The summed E-state index contributed by atoms with van der Waals surface area (Å²) < 4.78 is 37.8. The van der Waals surface area contributed by atoms with Crippen molar-refractivity contribution >= 4 is 51.3 Å². The molecule has 0 saturated carbocycles. The number of ether oxygens (including phenoxy) is 2. The Balaban J connectivity index is 0.00000420. The zero-order chi connectivity index (χ0) is 20.6. The average Bonchev–Trinajstić information content (AvgIpc) is 3.25. The minimum absolute atomic E-state index is 0. The molecule has 0 aliphatic rings. The maximum Gasteiger partial charge on any atom is 0.250 e. The van der Waals surface area contributed by atoms with Gasteiger partial charge in [0.2, 0.25) is 10.0 Å². The van der Waals surface area contributed by atoms with Crippen LogP contribution in [-0.4, -0.2) is 48.7 Å². The minimum Gasteiger partial charge on any atom is -0.497 e. The third kappa shape index (κ3) is 7.32. The molecule has 2 rings (SSSR count). The highest BCUT2D eigenvalue weighted by Gasteiger charge is 2.16. The van der Waals surface area contributed by atoms with Crippen molar-refractivity contribution in [1.82, 2.24) is 15.4 Å². The minimum atomic E-state index is -3.47. The first-order valence-electron chi connectivity index (χ1n) is 8.63. The van der Waals surface area contributed by atoms with E-state index in [0.29, 0.717) is 16.7 Å². The zero-order valence-electron chi connectivity index (χ0n) is 16.8. The van der Waals surface area contributed by atoms with Crippen molar-refractivity contribution in [2.24, 2.45) is 4.99 Å². The first-order chi connectivity index (χ1) is 13.4. The Morgan fingerprint density at radius 3 is 2.55 bits per heavy atom. The lowest BCUT2D eigenvalue weighted by Gasteiger charge is -2.21. The van der Waals surface area contributed by atoms with E-state index in [0.717, 1.165) is 17.1 Å². The number of rotatable bonds is 9. The number of sulfonamides is 1. The van der Waals surface area contributed by atoms with Gasteiger partial charge >= 0.3 is 0 Å². The average molecular weight is 554 g/mol. The summed E-state index contributed by atoms with van der Waals surface area (Å²) in [6.45, 7) is 2.59. The second-order valence-corrected chi connectivity index (χ2v) is 8.74. The smallest absolute Gasteiger partial charge is 0.250 e. The summed E-state index contributed by atoms with van der Waals surface area (Å²) in [7, 11) is 1.42. The third-order valence-corrected chi connectivity index (χ3v) is 6.81. The standard InChI is InChI=1S/C18H26N4O4S2.HI/c1-13(15-12-14(25-3)7-8-16(15)26-4)22-18(19-2)20-9-10-21-28(23,24)17-6-5-11-27-17;/h5-8,11-13,21H,9-10H2,1-4H3,(H2,19,20,22);1H. The topological polar surface area (TPSA) is 101 Å². The van der Waals surface area contributed by atoms with E-state index in [4.69, 9.17) is 9.47 Å². The van der Waals surface area contributed by atoms with Crippen molar-refractivity contribution in [3.63, 3.8) is 0 Å². The molecule has 0 fully saturated rings. The van der Waals surface area contributed by atoms with Gasteiger partial charge in [0.1, 0.15) is 15.7 Å². The molecule has 0 radical (unpaired) electrons. The summed E-state index contributed by atoms with van der Waals surface area (Å²) in [5.74, 6) is 2.02. The first kappa shape index (κ1) is 25.5. The summed E-state index contributed by atoms with van der Waals surface area (Å²) in [6.07, 6.45) is 0. The molecule has 2 aromatic rings. The van der Waals surface area contributed by atoms with E-state index in [1.807, 2.05) is 25.1 Å². The highest BCUT2D eigenvalue weighted by molar-refractivity contribution is 14.0. The summed E-state index contributed by atoms with van der Waals surface area (Å²) in [5, 5.41) is 8.09. The van der Waals surface area contributed by atoms with Crippen LogP contribution in [0.25, 0.3) is 0 Å². The number of halogens is 1. The van der Waals surface area contributed by atoms with Crippen molar-refractivity contribution in [2.45, 2.75) is 17.2 Å².